The molecule has 0 bridgehead atoms. The van der Waals surface area contributed by atoms with Gasteiger partial charge in [-0.25, -0.2) is 4.98 Å². The van der Waals surface area contributed by atoms with Crippen LogP contribution in [0.25, 0.3) is 0 Å². The van der Waals surface area contributed by atoms with E-state index >= 15 is 0 Å². The van der Waals surface area contributed by atoms with E-state index in [0.29, 0.717) is 22.4 Å². The lowest BCUT2D eigenvalue weighted by atomic mass is 10.2. The van der Waals surface area contributed by atoms with E-state index < -0.39 is 4.92 Å². The van der Waals surface area contributed by atoms with Gasteiger partial charge in [0.15, 0.2) is 0 Å². The first-order valence-corrected chi connectivity index (χ1v) is 6.76. The van der Waals surface area contributed by atoms with E-state index in [2.05, 4.69) is 36.5 Å². The molecule has 0 fully saturated rings. The summed E-state index contributed by atoms with van der Waals surface area (Å²) < 4.78 is 2.36. The highest BCUT2D eigenvalue weighted by Crippen LogP contribution is 2.30. The van der Waals surface area contributed by atoms with Crippen LogP contribution in [0, 0.1) is 17.0 Å². The summed E-state index contributed by atoms with van der Waals surface area (Å²) in [5.74, 6) is 0.603. The molecule has 0 aliphatic rings. The van der Waals surface area contributed by atoms with Crippen molar-refractivity contribution in [2.24, 2.45) is 0 Å². The third-order valence-electron chi connectivity index (χ3n) is 2.76. The zero-order valence-electron chi connectivity index (χ0n) is 10.8. The maximum Gasteiger partial charge on any atom is 0.291 e. The van der Waals surface area contributed by atoms with Gasteiger partial charge in [-0.2, -0.15) is 0 Å². The van der Waals surface area contributed by atoms with Gasteiger partial charge in [0, 0.05) is 24.8 Å². The number of nitrogens with one attached hydrogen (secondary N) is 1. The Kier molecular flexibility index (Phi) is 4.61. The Morgan fingerprint density at radius 3 is 3.00 bits per heavy atom. The highest BCUT2D eigenvalue weighted by atomic mass is 79.9. The topological polar surface area (TPSA) is 98.8 Å². The fourth-order valence-electron chi connectivity index (χ4n) is 1.68. The van der Waals surface area contributed by atoms with Crippen molar-refractivity contribution in [3.8, 4) is 0 Å². The third-order valence-corrected chi connectivity index (χ3v) is 3.73. The van der Waals surface area contributed by atoms with Crippen molar-refractivity contribution < 1.29 is 4.92 Å². The summed E-state index contributed by atoms with van der Waals surface area (Å²) in [6.07, 6.45) is 5.53. The largest absolute Gasteiger partial charge is 0.369 e. The second-order valence-corrected chi connectivity index (χ2v) is 4.93. The molecule has 106 valence electrons. The van der Waals surface area contributed by atoms with Crippen LogP contribution in [0.2, 0.25) is 0 Å². The van der Waals surface area contributed by atoms with Crippen molar-refractivity contribution >= 4 is 27.4 Å². The summed E-state index contributed by atoms with van der Waals surface area (Å²) in [7, 11) is 0. The highest BCUT2D eigenvalue weighted by molar-refractivity contribution is 9.10. The minimum absolute atomic E-state index is 0.00467. The second kappa shape index (κ2) is 6.42. The molecule has 2 aromatic heterocycles. The lowest BCUT2D eigenvalue weighted by Crippen LogP contribution is -2.09. The first-order valence-electron chi connectivity index (χ1n) is 5.97. The van der Waals surface area contributed by atoms with Gasteiger partial charge in [-0.1, -0.05) is 5.21 Å². The number of hydrogen-bond acceptors (Lipinski definition) is 6. The lowest BCUT2D eigenvalue weighted by molar-refractivity contribution is -0.385. The number of anilines is 1. The molecule has 0 atom stereocenters. The Balaban J connectivity index is 1.93. The third kappa shape index (κ3) is 3.29. The van der Waals surface area contributed by atoms with Gasteiger partial charge in [-0.15, -0.1) is 5.10 Å². The molecule has 0 radical (unpaired) electrons. The molecule has 8 nitrogen and oxygen atoms in total. The minimum atomic E-state index is -0.443. The molecule has 0 amide bonds. The molecule has 0 aliphatic carbocycles. The van der Waals surface area contributed by atoms with E-state index in [1.807, 2.05) is 0 Å². The van der Waals surface area contributed by atoms with E-state index in [1.54, 1.807) is 24.0 Å². The Hall–Kier alpha value is -2.03. The van der Waals surface area contributed by atoms with Crippen LogP contribution in [0.15, 0.2) is 23.1 Å². The first kappa shape index (κ1) is 14.4. The van der Waals surface area contributed by atoms with Crippen molar-refractivity contribution in [3.63, 3.8) is 0 Å². The Labute approximate surface area is 123 Å². The summed E-state index contributed by atoms with van der Waals surface area (Å²) >= 11 is 3.33. The van der Waals surface area contributed by atoms with Crippen molar-refractivity contribution in [3.05, 3.63) is 38.7 Å². The molecule has 20 heavy (non-hydrogen) atoms. The molecule has 0 saturated heterocycles. The quantitative estimate of drug-likeness (QED) is 0.491. The van der Waals surface area contributed by atoms with Crippen LogP contribution in [0.1, 0.15) is 12.0 Å². The van der Waals surface area contributed by atoms with Crippen molar-refractivity contribution in [2.45, 2.75) is 19.9 Å². The average Bonchev–Trinajstić information content (AvgIpc) is 2.92. The summed E-state index contributed by atoms with van der Waals surface area (Å²) in [6.45, 7) is 3.11. The monoisotopic (exact) mass is 340 g/mol. The van der Waals surface area contributed by atoms with Gasteiger partial charge >= 0.3 is 0 Å². The van der Waals surface area contributed by atoms with Crippen LogP contribution in [0.3, 0.4) is 0 Å². The molecule has 0 saturated carbocycles. The van der Waals surface area contributed by atoms with E-state index in [1.165, 1.54) is 6.20 Å². The van der Waals surface area contributed by atoms with Crippen molar-refractivity contribution in [2.75, 3.05) is 11.9 Å². The van der Waals surface area contributed by atoms with Gasteiger partial charge in [0.2, 0.25) is 0 Å². The molecule has 0 spiro atoms. The van der Waals surface area contributed by atoms with E-state index in [9.17, 15) is 10.1 Å². The van der Waals surface area contributed by atoms with Gasteiger partial charge in [0.25, 0.3) is 5.69 Å². The maximum absolute atomic E-state index is 10.8. The number of halogens is 1. The lowest BCUT2D eigenvalue weighted by Gasteiger charge is -2.09. The molecule has 2 heterocycles. The summed E-state index contributed by atoms with van der Waals surface area (Å²) in [4.78, 5) is 14.4. The predicted octanol–water partition coefficient (Wildman–Crippen LogP) is 2.15. The van der Waals surface area contributed by atoms with Crippen LogP contribution in [0.4, 0.5) is 11.5 Å². The van der Waals surface area contributed by atoms with Crippen LogP contribution in [0.5, 0.6) is 0 Å². The highest BCUT2D eigenvalue weighted by Gasteiger charge is 2.16. The standard InChI is InChI=1S/C11H13BrN6O2/c1-8-9(18(19)20)7-14-11(10(8)12)13-3-2-5-17-6-4-15-16-17/h4,6-7H,2-3,5H2,1H3,(H,13,14). The number of pyridine rings is 1. The number of aromatic nitrogens is 4. The Morgan fingerprint density at radius 2 is 2.35 bits per heavy atom. The van der Waals surface area contributed by atoms with Gasteiger partial charge in [-0.3, -0.25) is 14.8 Å². The molecule has 9 heteroatoms. The molecule has 2 rings (SSSR count). The molecule has 2 aromatic rings. The summed E-state index contributed by atoms with van der Waals surface area (Å²) in [6, 6.07) is 0. The van der Waals surface area contributed by atoms with Crippen LogP contribution in [-0.4, -0.2) is 31.4 Å². The molecule has 0 aliphatic heterocycles. The SMILES string of the molecule is Cc1c([N+](=O)[O-])cnc(NCCCn2ccnn2)c1Br. The maximum atomic E-state index is 10.8. The van der Waals surface area contributed by atoms with Crippen LogP contribution < -0.4 is 5.32 Å². The van der Waals surface area contributed by atoms with Gasteiger partial charge in [0.1, 0.15) is 12.0 Å². The minimum Gasteiger partial charge on any atom is -0.369 e. The number of aryl methyl sites for hydroxylation is 1. The zero-order valence-corrected chi connectivity index (χ0v) is 12.4. The normalized spacial score (nSPS) is 10.5. The number of nitrogens with zero attached hydrogens (tertiary/aromatic N) is 5. The number of nitro groups is 1. The van der Waals surface area contributed by atoms with Gasteiger partial charge < -0.3 is 5.32 Å². The van der Waals surface area contributed by atoms with E-state index in [0.717, 1.165) is 13.0 Å². The second-order valence-electron chi connectivity index (χ2n) is 4.13. The van der Waals surface area contributed by atoms with E-state index in [-0.39, 0.29) is 5.69 Å². The fraction of sp³-hybridized carbons (Fsp3) is 0.364. The predicted molar refractivity (Wildman–Crippen MR) is 76.5 cm³/mol. The molecule has 0 unspecified atom stereocenters. The summed E-state index contributed by atoms with van der Waals surface area (Å²) in [5, 5.41) is 21.5. The smallest absolute Gasteiger partial charge is 0.291 e. The fourth-order valence-corrected chi connectivity index (χ4v) is 2.12. The molecule has 0 aromatic carbocycles. The number of hydrogen-bond donors (Lipinski definition) is 1. The van der Waals surface area contributed by atoms with Crippen molar-refractivity contribution in [1.82, 2.24) is 20.0 Å². The van der Waals surface area contributed by atoms with Gasteiger partial charge in [-0.05, 0) is 29.3 Å². The first-order chi connectivity index (χ1) is 9.59. The average molecular weight is 341 g/mol. The molecule has 1 N–H and O–H groups in total. The Morgan fingerprint density at radius 1 is 1.55 bits per heavy atom. The van der Waals surface area contributed by atoms with Crippen LogP contribution in [-0.2, 0) is 6.54 Å². The van der Waals surface area contributed by atoms with Crippen LogP contribution >= 0.6 is 15.9 Å². The Bertz CT molecular complexity index is 601. The van der Waals surface area contributed by atoms with Gasteiger partial charge in [0.05, 0.1) is 15.6 Å². The van der Waals surface area contributed by atoms with Crippen molar-refractivity contribution in [1.29, 1.82) is 0 Å². The zero-order chi connectivity index (χ0) is 14.5. The molecular formula is C11H13BrN6O2. The van der Waals surface area contributed by atoms with E-state index in [4.69, 9.17) is 0 Å². The molecular weight excluding hydrogens is 328 g/mol. The summed E-state index contributed by atoms with van der Waals surface area (Å²) in [5.41, 5.74) is 0.564. The number of rotatable bonds is 6.